The third-order valence-corrected chi connectivity index (χ3v) is 4.05. The molecule has 1 aliphatic rings. The molecule has 2 nitrogen and oxygen atoms in total. The highest BCUT2D eigenvalue weighted by molar-refractivity contribution is 5.78. The summed E-state index contributed by atoms with van der Waals surface area (Å²) in [4.78, 5) is 4.76. The van der Waals surface area contributed by atoms with Gasteiger partial charge in [-0.05, 0) is 50.2 Å². The third kappa shape index (κ3) is 2.54. The summed E-state index contributed by atoms with van der Waals surface area (Å²) in [7, 11) is 0. The maximum Gasteiger partial charge on any atom is 0.0705 e. The third-order valence-electron chi connectivity index (χ3n) is 4.05. The molecule has 0 bridgehead atoms. The van der Waals surface area contributed by atoms with E-state index in [4.69, 9.17) is 10.7 Å². The van der Waals surface area contributed by atoms with Gasteiger partial charge in [0.2, 0.25) is 0 Å². The molecule has 1 heterocycles. The highest BCUT2D eigenvalue weighted by Crippen LogP contribution is 2.26. The fourth-order valence-electron chi connectivity index (χ4n) is 2.91. The van der Waals surface area contributed by atoms with E-state index < -0.39 is 0 Å². The van der Waals surface area contributed by atoms with Gasteiger partial charge in [-0.3, -0.25) is 4.98 Å². The fourth-order valence-corrected chi connectivity index (χ4v) is 2.91. The quantitative estimate of drug-likeness (QED) is 0.874. The summed E-state index contributed by atoms with van der Waals surface area (Å²) < 4.78 is 0. The molecule has 0 spiro atoms. The summed E-state index contributed by atoms with van der Waals surface area (Å²) in [5.41, 5.74) is 8.29. The number of fused-ring (bicyclic) bond motifs is 1. The van der Waals surface area contributed by atoms with E-state index in [0.29, 0.717) is 6.04 Å². The molecule has 1 aromatic carbocycles. The zero-order chi connectivity index (χ0) is 12.4. The molecule has 1 aromatic heterocycles. The number of nitrogens with two attached hydrogens (primary N) is 1. The zero-order valence-electron chi connectivity index (χ0n) is 10.7. The second-order valence-electron chi connectivity index (χ2n) is 5.48. The van der Waals surface area contributed by atoms with Crippen molar-refractivity contribution in [3.05, 3.63) is 42.1 Å². The molecule has 1 fully saturated rings. The lowest BCUT2D eigenvalue weighted by atomic mass is 9.83. The average Bonchev–Trinajstić information content (AvgIpc) is 2.41. The van der Waals surface area contributed by atoms with E-state index in [2.05, 4.69) is 36.4 Å². The lowest BCUT2D eigenvalue weighted by molar-refractivity contribution is 0.323. The fraction of sp³-hybridized carbons (Fsp3) is 0.438. The van der Waals surface area contributed by atoms with Crippen LogP contribution in [0.2, 0.25) is 0 Å². The van der Waals surface area contributed by atoms with Crippen LogP contribution < -0.4 is 5.73 Å². The SMILES string of the molecule is NC1CCC(Cc2ccc3ccccc3n2)CC1. The van der Waals surface area contributed by atoms with E-state index in [1.807, 2.05) is 0 Å². The number of benzene rings is 1. The minimum atomic E-state index is 0.436. The Balaban J connectivity index is 1.74. The highest BCUT2D eigenvalue weighted by Gasteiger charge is 2.19. The van der Waals surface area contributed by atoms with Gasteiger partial charge in [0.1, 0.15) is 0 Å². The van der Waals surface area contributed by atoms with Gasteiger partial charge in [-0.2, -0.15) is 0 Å². The van der Waals surface area contributed by atoms with Gasteiger partial charge in [0.05, 0.1) is 5.52 Å². The van der Waals surface area contributed by atoms with Crippen LogP contribution in [0.4, 0.5) is 0 Å². The van der Waals surface area contributed by atoms with E-state index in [1.54, 1.807) is 0 Å². The van der Waals surface area contributed by atoms with Gasteiger partial charge in [-0.1, -0.05) is 24.3 Å². The van der Waals surface area contributed by atoms with Gasteiger partial charge in [0.15, 0.2) is 0 Å². The normalized spacial score (nSPS) is 24.3. The molecule has 2 aromatic rings. The van der Waals surface area contributed by atoms with Crippen LogP contribution in [-0.4, -0.2) is 11.0 Å². The molecule has 0 saturated heterocycles. The number of aromatic nitrogens is 1. The first-order valence-corrected chi connectivity index (χ1v) is 6.91. The van der Waals surface area contributed by atoms with Crippen molar-refractivity contribution in [2.75, 3.05) is 0 Å². The van der Waals surface area contributed by atoms with Gasteiger partial charge in [-0.25, -0.2) is 0 Å². The first kappa shape index (κ1) is 11.7. The van der Waals surface area contributed by atoms with Gasteiger partial charge in [0.25, 0.3) is 0 Å². The first-order valence-electron chi connectivity index (χ1n) is 6.91. The van der Waals surface area contributed by atoms with Gasteiger partial charge in [0, 0.05) is 17.1 Å². The predicted molar refractivity (Wildman–Crippen MR) is 75.4 cm³/mol. The monoisotopic (exact) mass is 240 g/mol. The maximum absolute atomic E-state index is 5.95. The molecule has 0 aliphatic heterocycles. The van der Waals surface area contributed by atoms with Crippen LogP contribution in [-0.2, 0) is 6.42 Å². The Hall–Kier alpha value is -1.41. The molecule has 0 atom stereocenters. The molecule has 2 N–H and O–H groups in total. The van der Waals surface area contributed by atoms with Gasteiger partial charge < -0.3 is 5.73 Å². The Labute approximate surface area is 108 Å². The van der Waals surface area contributed by atoms with Crippen molar-refractivity contribution in [1.29, 1.82) is 0 Å². The largest absolute Gasteiger partial charge is 0.328 e. The summed E-state index contributed by atoms with van der Waals surface area (Å²) >= 11 is 0. The van der Waals surface area contributed by atoms with Crippen molar-refractivity contribution < 1.29 is 0 Å². The highest BCUT2D eigenvalue weighted by atomic mass is 14.7. The lowest BCUT2D eigenvalue weighted by Gasteiger charge is -2.25. The molecule has 1 saturated carbocycles. The maximum atomic E-state index is 5.95. The van der Waals surface area contributed by atoms with E-state index in [0.717, 1.165) is 17.9 Å². The molecule has 0 radical (unpaired) electrons. The van der Waals surface area contributed by atoms with Crippen molar-refractivity contribution in [2.24, 2.45) is 11.7 Å². The molecule has 18 heavy (non-hydrogen) atoms. The van der Waals surface area contributed by atoms with Crippen LogP contribution in [0, 0.1) is 5.92 Å². The molecule has 2 heteroatoms. The number of hydrogen-bond acceptors (Lipinski definition) is 2. The Morgan fingerprint density at radius 3 is 2.61 bits per heavy atom. The van der Waals surface area contributed by atoms with Gasteiger partial charge >= 0.3 is 0 Å². The van der Waals surface area contributed by atoms with Crippen molar-refractivity contribution >= 4 is 10.9 Å². The topological polar surface area (TPSA) is 38.9 Å². The summed E-state index contributed by atoms with van der Waals surface area (Å²) in [6, 6.07) is 13.1. The smallest absolute Gasteiger partial charge is 0.0705 e. The second kappa shape index (κ2) is 5.07. The van der Waals surface area contributed by atoms with Crippen LogP contribution >= 0.6 is 0 Å². The molecule has 0 amide bonds. The number of nitrogens with zero attached hydrogens (tertiary/aromatic N) is 1. The van der Waals surface area contributed by atoms with Crippen LogP contribution in [0.15, 0.2) is 36.4 Å². The first-order chi connectivity index (χ1) is 8.81. The van der Waals surface area contributed by atoms with Crippen LogP contribution in [0.25, 0.3) is 10.9 Å². The Bertz CT molecular complexity index is 527. The second-order valence-corrected chi connectivity index (χ2v) is 5.48. The van der Waals surface area contributed by atoms with Crippen molar-refractivity contribution in [3.8, 4) is 0 Å². The number of pyridine rings is 1. The summed E-state index contributed by atoms with van der Waals surface area (Å²) in [5, 5.41) is 1.23. The van der Waals surface area contributed by atoms with E-state index in [1.165, 1.54) is 36.8 Å². The number of rotatable bonds is 2. The number of hydrogen-bond donors (Lipinski definition) is 1. The average molecular weight is 240 g/mol. The zero-order valence-corrected chi connectivity index (χ0v) is 10.7. The van der Waals surface area contributed by atoms with Crippen molar-refractivity contribution in [2.45, 2.75) is 38.1 Å². The Kier molecular flexibility index (Phi) is 3.28. The van der Waals surface area contributed by atoms with Crippen molar-refractivity contribution in [3.63, 3.8) is 0 Å². The van der Waals surface area contributed by atoms with E-state index in [9.17, 15) is 0 Å². The Morgan fingerprint density at radius 1 is 1.00 bits per heavy atom. The molecule has 3 rings (SSSR count). The standard InChI is InChI=1S/C16H20N2/c17-14-8-5-12(6-9-14)11-15-10-7-13-3-1-2-4-16(13)18-15/h1-4,7,10,12,14H,5-6,8-9,11,17H2. The molecule has 0 unspecified atom stereocenters. The molecular formula is C16H20N2. The summed E-state index contributed by atoms with van der Waals surface area (Å²) in [6.45, 7) is 0. The van der Waals surface area contributed by atoms with Crippen molar-refractivity contribution in [1.82, 2.24) is 4.98 Å². The van der Waals surface area contributed by atoms with Crippen LogP contribution in [0.3, 0.4) is 0 Å². The number of para-hydroxylation sites is 1. The van der Waals surface area contributed by atoms with Gasteiger partial charge in [-0.15, -0.1) is 0 Å². The molecule has 94 valence electrons. The lowest BCUT2D eigenvalue weighted by Crippen LogP contribution is -2.27. The molecule has 1 aliphatic carbocycles. The summed E-state index contributed by atoms with van der Waals surface area (Å²) in [6.07, 6.45) is 5.99. The van der Waals surface area contributed by atoms with E-state index in [-0.39, 0.29) is 0 Å². The van der Waals surface area contributed by atoms with Crippen LogP contribution in [0.5, 0.6) is 0 Å². The van der Waals surface area contributed by atoms with E-state index >= 15 is 0 Å². The minimum absolute atomic E-state index is 0.436. The molecular weight excluding hydrogens is 220 g/mol. The minimum Gasteiger partial charge on any atom is -0.328 e. The summed E-state index contributed by atoms with van der Waals surface area (Å²) in [5.74, 6) is 0.776. The Morgan fingerprint density at radius 2 is 1.78 bits per heavy atom. The predicted octanol–water partition coefficient (Wildman–Crippen LogP) is 3.29. The van der Waals surface area contributed by atoms with Crippen LogP contribution in [0.1, 0.15) is 31.4 Å².